The number of hydrogen-bond donors (Lipinski definition) is 1. The summed E-state index contributed by atoms with van der Waals surface area (Å²) in [5, 5.41) is 23.3. The van der Waals surface area contributed by atoms with Gasteiger partial charge in [0.1, 0.15) is 17.1 Å². The highest BCUT2D eigenvalue weighted by Gasteiger charge is 2.21. The molecule has 1 amide bonds. The summed E-state index contributed by atoms with van der Waals surface area (Å²) < 4.78 is 12.5. The van der Waals surface area contributed by atoms with Crippen LogP contribution in [0.2, 0.25) is 0 Å². The number of carbonyl (C=O) groups excluding carboxylic acids is 1. The lowest BCUT2D eigenvalue weighted by Crippen LogP contribution is -2.25. The number of benzene rings is 3. The molecule has 0 aliphatic rings. The van der Waals surface area contributed by atoms with Crippen LogP contribution in [0.1, 0.15) is 27.3 Å². The minimum absolute atomic E-state index is 0.0240. The SMILES string of the molecule is COc1cccc(OC)c1C(=O)NCc1nnc(SCc2ccccc2C)n1-c1ccc([N+](=O)[O-])cc1. The molecule has 190 valence electrons. The Morgan fingerprint density at radius 2 is 1.68 bits per heavy atom. The van der Waals surface area contributed by atoms with Gasteiger partial charge in [0.15, 0.2) is 11.0 Å². The number of rotatable bonds is 10. The van der Waals surface area contributed by atoms with Gasteiger partial charge in [-0.05, 0) is 42.3 Å². The third-order valence-corrected chi connectivity index (χ3v) is 6.68. The first-order valence-electron chi connectivity index (χ1n) is 11.3. The second-order valence-electron chi connectivity index (χ2n) is 7.94. The van der Waals surface area contributed by atoms with E-state index in [1.807, 2.05) is 25.1 Å². The van der Waals surface area contributed by atoms with Gasteiger partial charge in [-0.1, -0.05) is 42.1 Å². The van der Waals surface area contributed by atoms with Gasteiger partial charge in [0.2, 0.25) is 0 Å². The van der Waals surface area contributed by atoms with E-state index in [0.717, 1.165) is 11.1 Å². The van der Waals surface area contributed by atoms with Crippen LogP contribution >= 0.6 is 11.8 Å². The standard InChI is InChI=1S/C26H25N5O5S/c1-17-7-4-5-8-18(17)16-37-26-29-28-23(30(26)19-11-13-20(14-12-19)31(33)34)15-27-25(32)24-21(35-2)9-6-10-22(24)36-3/h4-14H,15-16H2,1-3H3,(H,27,32). The molecule has 1 heterocycles. The Bertz CT molecular complexity index is 1400. The summed E-state index contributed by atoms with van der Waals surface area (Å²) >= 11 is 1.49. The molecule has 10 nitrogen and oxygen atoms in total. The Balaban J connectivity index is 1.63. The van der Waals surface area contributed by atoms with Crippen molar-refractivity contribution in [2.24, 2.45) is 0 Å². The molecule has 0 fully saturated rings. The maximum absolute atomic E-state index is 13.1. The molecule has 37 heavy (non-hydrogen) atoms. The molecule has 0 saturated carbocycles. The van der Waals surface area contributed by atoms with Crippen LogP contribution in [0.3, 0.4) is 0 Å². The molecule has 4 rings (SSSR count). The largest absolute Gasteiger partial charge is 0.496 e. The number of aryl methyl sites for hydroxylation is 1. The maximum atomic E-state index is 13.1. The van der Waals surface area contributed by atoms with Crippen molar-refractivity contribution in [3.63, 3.8) is 0 Å². The molecule has 0 bridgehead atoms. The van der Waals surface area contributed by atoms with E-state index < -0.39 is 10.8 Å². The number of aromatic nitrogens is 3. The van der Waals surface area contributed by atoms with E-state index in [0.29, 0.717) is 33.9 Å². The molecule has 3 aromatic carbocycles. The van der Waals surface area contributed by atoms with Gasteiger partial charge >= 0.3 is 0 Å². The fourth-order valence-corrected chi connectivity index (χ4v) is 4.78. The van der Waals surface area contributed by atoms with Crippen molar-refractivity contribution in [3.05, 3.63) is 99.4 Å². The van der Waals surface area contributed by atoms with Crippen LogP contribution < -0.4 is 14.8 Å². The molecule has 1 N–H and O–H groups in total. The van der Waals surface area contributed by atoms with E-state index in [4.69, 9.17) is 9.47 Å². The molecule has 0 aliphatic heterocycles. The summed E-state index contributed by atoms with van der Waals surface area (Å²) in [7, 11) is 2.96. The van der Waals surface area contributed by atoms with Crippen molar-refractivity contribution in [1.82, 2.24) is 20.1 Å². The predicted molar refractivity (Wildman–Crippen MR) is 139 cm³/mol. The van der Waals surface area contributed by atoms with E-state index in [-0.39, 0.29) is 17.8 Å². The zero-order chi connectivity index (χ0) is 26.4. The molecule has 4 aromatic rings. The third-order valence-electron chi connectivity index (χ3n) is 5.70. The second kappa shape index (κ2) is 11.6. The normalized spacial score (nSPS) is 10.7. The van der Waals surface area contributed by atoms with Crippen LogP contribution in [0, 0.1) is 17.0 Å². The van der Waals surface area contributed by atoms with Gasteiger partial charge in [-0.15, -0.1) is 10.2 Å². The fraction of sp³-hybridized carbons (Fsp3) is 0.192. The van der Waals surface area contributed by atoms with Crippen molar-refractivity contribution in [1.29, 1.82) is 0 Å². The third kappa shape index (κ3) is 5.72. The maximum Gasteiger partial charge on any atom is 0.269 e. The van der Waals surface area contributed by atoms with Crippen LogP contribution in [0.25, 0.3) is 5.69 Å². The number of nitrogens with zero attached hydrogens (tertiary/aromatic N) is 4. The van der Waals surface area contributed by atoms with Gasteiger partial charge in [0.05, 0.1) is 25.7 Å². The van der Waals surface area contributed by atoms with E-state index in [9.17, 15) is 14.9 Å². The lowest BCUT2D eigenvalue weighted by atomic mass is 10.1. The number of hydrogen-bond acceptors (Lipinski definition) is 8. The highest BCUT2D eigenvalue weighted by atomic mass is 32.2. The van der Waals surface area contributed by atoms with Crippen LogP contribution in [0.4, 0.5) is 5.69 Å². The van der Waals surface area contributed by atoms with Gasteiger partial charge in [-0.3, -0.25) is 19.5 Å². The van der Waals surface area contributed by atoms with Crippen molar-refractivity contribution >= 4 is 23.4 Å². The average Bonchev–Trinajstić information content (AvgIpc) is 3.33. The molecule has 0 spiro atoms. The smallest absolute Gasteiger partial charge is 0.269 e. The number of thioether (sulfide) groups is 1. The van der Waals surface area contributed by atoms with Crippen LogP contribution in [0.15, 0.2) is 71.9 Å². The number of nitro groups is 1. The number of non-ortho nitro benzene ring substituents is 1. The molecule has 11 heteroatoms. The van der Waals surface area contributed by atoms with Crippen molar-refractivity contribution in [3.8, 4) is 17.2 Å². The monoisotopic (exact) mass is 519 g/mol. The molecule has 1 aromatic heterocycles. The Morgan fingerprint density at radius 1 is 1.00 bits per heavy atom. The number of nitro benzene ring substituents is 1. The molecular formula is C26H25N5O5S. The molecule has 0 unspecified atom stereocenters. The van der Waals surface area contributed by atoms with E-state index in [1.54, 1.807) is 34.9 Å². The minimum atomic E-state index is -0.453. The lowest BCUT2D eigenvalue weighted by Gasteiger charge is -2.14. The molecule has 0 aliphatic carbocycles. The van der Waals surface area contributed by atoms with Gasteiger partial charge in [0, 0.05) is 23.6 Å². The number of carbonyl (C=O) groups is 1. The number of ether oxygens (including phenoxy) is 2. The Kier molecular flexibility index (Phi) is 8.04. The first-order chi connectivity index (χ1) is 17.9. The van der Waals surface area contributed by atoms with Crippen molar-refractivity contribution in [2.45, 2.75) is 24.4 Å². The zero-order valence-electron chi connectivity index (χ0n) is 20.5. The van der Waals surface area contributed by atoms with Crippen molar-refractivity contribution in [2.75, 3.05) is 14.2 Å². The molecule has 0 atom stereocenters. The van der Waals surface area contributed by atoms with Crippen LogP contribution in [-0.2, 0) is 12.3 Å². The summed E-state index contributed by atoms with van der Waals surface area (Å²) in [4.78, 5) is 23.8. The Labute approximate surface area is 217 Å². The van der Waals surface area contributed by atoms with E-state index in [2.05, 4.69) is 21.6 Å². The summed E-state index contributed by atoms with van der Waals surface area (Å²) in [5.41, 5.74) is 3.20. The summed E-state index contributed by atoms with van der Waals surface area (Å²) in [6, 6.07) is 19.3. The lowest BCUT2D eigenvalue weighted by molar-refractivity contribution is -0.384. The van der Waals surface area contributed by atoms with E-state index in [1.165, 1.54) is 38.1 Å². The van der Waals surface area contributed by atoms with E-state index >= 15 is 0 Å². The highest BCUT2D eigenvalue weighted by molar-refractivity contribution is 7.98. The molecule has 0 radical (unpaired) electrons. The first kappa shape index (κ1) is 25.7. The second-order valence-corrected chi connectivity index (χ2v) is 8.89. The minimum Gasteiger partial charge on any atom is -0.496 e. The van der Waals surface area contributed by atoms with Crippen LogP contribution in [0.5, 0.6) is 11.5 Å². The summed E-state index contributed by atoms with van der Waals surface area (Å²) in [6.07, 6.45) is 0. The average molecular weight is 520 g/mol. The van der Waals surface area contributed by atoms with Gasteiger partial charge in [-0.25, -0.2) is 0 Å². The Hall–Kier alpha value is -4.38. The number of nitrogens with one attached hydrogen (secondary N) is 1. The molecule has 0 saturated heterocycles. The van der Waals surface area contributed by atoms with Gasteiger partial charge < -0.3 is 14.8 Å². The summed E-state index contributed by atoms with van der Waals surface area (Å²) in [5.74, 6) is 1.47. The van der Waals surface area contributed by atoms with Gasteiger partial charge in [-0.2, -0.15) is 0 Å². The number of amides is 1. The zero-order valence-corrected chi connectivity index (χ0v) is 21.3. The summed E-state index contributed by atoms with van der Waals surface area (Å²) in [6.45, 7) is 2.10. The van der Waals surface area contributed by atoms with Gasteiger partial charge in [0.25, 0.3) is 11.6 Å². The quantitative estimate of drug-likeness (QED) is 0.181. The van der Waals surface area contributed by atoms with Crippen molar-refractivity contribution < 1.29 is 19.2 Å². The number of methoxy groups -OCH3 is 2. The predicted octanol–water partition coefficient (Wildman–Crippen LogP) is 4.72. The fourth-order valence-electron chi connectivity index (χ4n) is 3.73. The topological polar surface area (TPSA) is 121 Å². The highest BCUT2D eigenvalue weighted by Crippen LogP contribution is 2.29. The first-order valence-corrected chi connectivity index (χ1v) is 12.3. The van der Waals surface area contributed by atoms with Crippen LogP contribution in [-0.4, -0.2) is 39.8 Å². The molecular weight excluding hydrogens is 494 g/mol. The Morgan fingerprint density at radius 3 is 2.30 bits per heavy atom.